The minimum absolute atomic E-state index is 0.111. The van der Waals surface area contributed by atoms with Crippen LogP contribution < -0.4 is 10.3 Å². The number of aryl methyl sites for hydroxylation is 1. The zero-order chi connectivity index (χ0) is 20.8. The molecule has 0 aliphatic carbocycles. The number of hydrazone groups is 1. The fourth-order valence-electron chi connectivity index (χ4n) is 2.82. The zero-order valence-electron chi connectivity index (χ0n) is 16.4. The Morgan fingerprint density at radius 3 is 2.45 bits per heavy atom. The second-order valence-corrected chi connectivity index (χ2v) is 6.68. The topological polar surface area (TPSA) is 88.1 Å². The predicted octanol–water partition coefficient (Wildman–Crippen LogP) is 3.30. The number of anilines is 2. The molecule has 2 aromatic carbocycles. The molecule has 2 aromatic rings. The fourth-order valence-corrected chi connectivity index (χ4v) is 2.82. The number of ether oxygens (including phenoxy) is 1. The normalized spacial score (nSPS) is 14.8. The van der Waals surface area contributed by atoms with Crippen molar-refractivity contribution in [2.24, 2.45) is 5.10 Å². The molecular weight excluding hydrogens is 370 g/mol. The van der Waals surface area contributed by atoms with Crippen molar-refractivity contribution < 1.29 is 19.1 Å². The molecule has 0 spiro atoms. The van der Waals surface area contributed by atoms with Gasteiger partial charge in [-0.2, -0.15) is 5.10 Å². The number of nitrogens with zero attached hydrogens (tertiary/aromatic N) is 2. The van der Waals surface area contributed by atoms with Crippen LogP contribution in [0.5, 0.6) is 0 Å². The van der Waals surface area contributed by atoms with Crippen molar-refractivity contribution in [3.63, 3.8) is 0 Å². The number of amides is 2. The van der Waals surface area contributed by atoms with Crippen LogP contribution in [0.25, 0.3) is 0 Å². The monoisotopic (exact) mass is 393 g/mol. The number of carbonyl (C=O) groups is 3. The van der Waals surface area contributed by atoms with Gasteiger partial charge in [0, 0.05) is 18.5 Å². The average Bonchev–Trinajstić information content (AvgIpc) is 2.75. The second-order valence-electron chi connectivity index (χ2n) is 6.68. The predicted molar refractivity (Wildman–Crippen MR) is 111 cm³/mol. The van der Waals surface area contributed by atoms with Gasteiger partial charge >= 0.3 is 5.97 Å². The van der Waals surface area contributed by atoms with Crippen LogP contribution in [0.4, 0.5) is 11.4 Å². The van der Waals surface area contributed by atoms with Crippen molar-refractivity contribution in [1.29, 1.82) is 0 Å². The standard InChI is InChI=1S/C22H23N3O4/c1-3-16-9-11-17(12-10-16)23-21(27)15(2)29-22(28)19-13-14-20(26)25(24-19)18-7-5-4-6-8-18/h4-12,15H,3,13-14H2,1-2H3,(H,23,27)/t15-/m1/s1. The molecule has 0 fully saturated rings. The molecule has 7 nitrogen and oxygen atoms in total. The van der Waals surface area contributed by atoms with Crippen LogP contribution in [-0.2, 0) is 25.5 Å². The maximum atomic E-state index is 12.5. The molecule has 1 N–H and O–H groups in total. The Balaban J connectivity index is 1.63. The Morgan fingerprint density at radius 2 is 1.79 bits per heavy atom. The molecule has 0 bridgehead atoms. The summed E-state index contributed by atoms with van der Waals surface area (Å²) in [6.45, 7) is 3.55. The largest absolute Gasteiger partial charge is 0.448 e. The SMILES string of the molecule is CCc1ccc(NC(=O)[C@@H](C)OC(=O)C2=NN(c3ccccc3)C(=O)CC2)cc1. The van der Waals surface area contributed by atoms with Gasteiger partial charge in [0.15, 0.2) is 6.10 Å². The van der Waals surface area contributed by atoms with Crippen LogP contribution in [0.15, 0.2) is 59.7 Å². The lowest BCUT2D eigenvalue weighted by Crippen LogP contribution is -2.37. The molecule has 0 radical (unpaired) electrons. The quantitative estimate of drug-likeness (QED) is 0.763. The highest BCUT2D eigenvalue weighted by Gasteiger charge is 2.28. The van der Waals surface area contributed by atoms with Crippen LogP contribution in [-0.4, -0.2) is 29.6 Å². The number of esters is 1. The average molecular weight is 393 g/mol. The number of para-hydroxylation sites is 1. The highest BCUT2D eigenvalue weighted by molar-refractivity contribution is 6.38. The van der Waals surface area contributed by atoms with E-state index in [9.17, 15) is 14.4 Å². The molecule has 1 heterocycles. The van der Waals surface area contributed by atoms with Gasteiger partial charge in [0.25, 0.3) is 5.91 Å². The van der Waals surface area contributed by atoms with Crippen molar-refractivity contribution >= 4 is 34.9 Å². The lowest BCUT2D eigenvalue weighted by molar-refractivity contribution is -0.146. The van der Waals surface area contributed by atoms with Crippen LogP contribution in [0.1, 0.15) is 32.3 Å². The molecule has 0 aromatic heterocycles. The van der Waals surface area contributed by atoms with Crippen molar-refractivity contribution in [2.45, 2.75) is 39.2 Å². The van der Waals surface area contributed by atoms with Gasteiger partial charge in [-0.1, -0.05) is 37.3 Å². The summed E-state index contributed by atoms with van der Waals surface area (Å²) < 4.78 is 5.27. The van der Waals surface area contributed by atoms with E-state index in [0.717, 1.165) is 12.0 Å². The summed E-state index contributed by atoms with van der Waals surface area (Å²) >= 11 is 0. The summed E-state index contributed by atoms with van der Waals surface area (Å²) in [4.78, 5) is 36.9. The number of rotatable bonds is 6. The Kier molecular flexibility index (Phi) is 6.39. The first kappa shape index (κ1) is 20.3. The van der Waals surface area contributed by atoms with Gasteiger partial charge < -0.3 is 10.1 Å². The Hall–Kier alpha value is -3.48. The molecule has 0 saturated carbocycles. The van der Waals surface area contributed by atoms with Crippen LogP contribution >= 0.6 is 0 Å². The lowest BCUT2D eigenvalue weighted by atomic mass is 10.1. The van der Waals surface area contributed by atoms with Gasteiger partial charge in [-0.05, 0) is 43.2 Å². The van der Waals surface area contributed by atoms with Crippen molar-refractivity contribution in [3.8, 4) is 0 Å². The third kappa shape index (κ3) is 5.07. The summed E-state index contributed by atoms with van der Waals surface area (Å²) in [5.41, 5.74) is 2.48. The molecule has 3 rings (SSSR count). The maximum Gasteiger partial charge on any atom is 0.355 e. The lowest BCUT2D eigenvalue weighted by Gasteiger charge is -2.23. The van der Waals surface area contributed by atoms with E-state index in [1.165, 1.54) is 11.9 Å². The number of nitrogens with one attached hydrogen (secondary N) is 1. The molecule has 0 saturated heterocycles. The second kappa shape index (κ2) is 9.14. The molecule has 7 heteroatoms. The molecule has 1 aliphatic heterocycles. The molecular formula is C22H23N3O4. The van der Waals surface area contributed by atoms with Crippen LogP contribution in [0, 0.1) is 0 Å². The van der Waals surface area contributed by atoms with E-state index in [2.05, 4.69) is 17.3 Å². The van der Waals surface area contributed by atoms with Crippen molar-refractivity contribution in [3.05, 3.63) is 60.2 Å². The smallest absolute Gasteiger partial charge is 0.355 e. The number of benzene rings is 2. The highest BCUT2D eigenvalue weighted by Crippen LogP contribution is 2.20. The van der Waals surface area contributed by atoms with Crippen molar-refractivity contribution in [1.82, 2.24) is 0 Å². The van der Waals surface area contributed by atoms with Gasteiger partial charge in [-0.3, -0.25) is 9.59 Å². The molecule has 0 unspecified atom stereocenters. The van der Waals surface area contributed by atoms with Crippen molar-refractivity contribution in [2.75, 3.05) is 10.3 Å². The minimum Gasteiger partial charge on any atom is -0.448 e. The molecule has 29 heavy (non-hydrogen) atoms. The summed E-state index contributed by atoms with van der Waals surface area (Å²) in [6.07, 6.45) is 0.229. The summed E-state index contributed by atoms with van der Waals surface area (Å²) in [5, 5.41) is 8.06. The van der Waals surface area contributed by atoms with Gasteiger partial charge in [-0.25, -0.2) is 9.80 Å². The maximum absolute atomic E-state index is 12.5. The third-order valence-electron chi connectivity index (χ3n) is 4.55. The first-order valence-electron chi connectivity index (χ1n) is 9.54. The molecule has 2 amide bonds. The van der Waals surface area contributed by atoms with Gasteiger partial charge in [0.1, 0.15) is 5.71 Å². The molecule has 1 atom stereocenters. The highest BCUT2D eigenvalue weighted by atomic mass is 16.5. The van der Waals surface area contributed by atoms with E-state index in [1.54, 1.807) is 36.4 Å². The van der Waals surface area contributed by atoms with E-state index in [4.69, 9.17) is 4.74 Å². The van der Waals surface area contributed by atoms with E-state index in [-0.39, 0.29) is 24.5 Å². The van der Waals surface area contributed by atoms with Crippen LogP contribution in [0.3, 0.4) is 0 Å². The Morgan fingerprint density at radius 1 is 1.10 bits per heavy atom. The summed E-state index contributed by atoms with van der Waals surface area (Å²) in [5.74, 6) is -1.34. The van der Waals surface area contributed by atoms with Gasteiger partial charge in [0.2, 0.25) is 5.91 Å². The summed E-state index contributed by atoms with van der Waals surface area (Å²) in [6, 6.07) is 16.3. The minimum atomic E-state index is -1.00. The van der Waals surface area contributed by atoms with Crippen LogP contribution in [0.2, 0.25) is 0 Å². The van der Waals surface area contributed by atoms with E-state index < -0.39 is 18.0 Å². The first-order valence-corrected chi connectivity index (χ1v) is 9.54. The van der Waals surface area contributed by atoms with Gasteiger partial charge in [0.05, 0.1) is 5.69 Å². The molecule has 150 valence electrons. The third-order valence-corrected chi connectivity index (χ3v) is 4.55. The molecule has 1 aliphatic rings. The number of hydrogen-bond acceptors (Lipinski definition) is 5. The Labute approximate surface area is 169 Å². The fraction of sp³-hybridized carbons (Fsp3) is 0.273. The van der Waals surface area contributed by atoms with E-state index >= 15 is 0 Å². The zero-order valence-corrected chi connectivity index (χ0v) is 16.4. The van der Waals surface area contributed by atoms with E-state index in [0.29, 0.717) is 11.4 Å². The van der Waals surface area contributed by atoms with Gasteiger partial charge in [-0.15, -0.1) is 0 Å². The van der Waals surface area contributed by atoms with E-state index in [1.807, 2.05) is 18.2 Å². The summed E-state index contributed by atoms with van der Waals surface area (Å²) in [7, 11) is 0. The number of carbonyl (C=O) groups excluding carboxylic acids is 3. The Bertz CT molecular complexity index is 923. The number of hydrogen-bond donors (Lipinski definition) is 1. The first-order chi connectivity index (χ1) is 14.0.